The first-order chi connectivity index (χ1) is 10.9. The molecule has 0 amide bonds. The van der Waals surface area contributed by atoms with Crippen LogP contribution in [0.4, 0.5) is 0 Å². The third kappa shape index (κ3) is 2.27. The van der Waals surface area contributed by atoms with Gasteiger partial charge in [-0.3, -0.25) is 0 Å². The monoisotopic (exact) mass is 283 g/mol. The fourth-order valence-corrected chi connectivity index (χ4v) is 2.74. The van der Waals surface area contributed by atoms with Crippen molar-refractivity contribution >= 4 is 11.0 Å². The second-order valence-corrected chi connectivity index (χ2v) is 5.25. The molecule has 0 fully saturated rings. The molecule has 1 aromatic heterocycles. The van der Waals surface area contributed by atoms with Gasteiger partial charge < -0.3 is 0 Å². The summed E-state index contributed by atoms with van der Waals surface area (Å²) >= 11 is 0. The van der Waals surface area contributed by atoms with E-state index in [1.165, 1.54) is 11.1 Å². The Morgan fingerprint density at radius 1 is 0.545 bits per heavy atom. The summed E-state index contributed by atoms with van der Waals surface area (Å²) in [4.78, 5) is 0. The fraction of sp³-hybridized carbons (Fsp3) is 0. The molecule has 0 spiro atoms. The van der Waals surface area contributed by atoms with Crippen LogP contribution in [0, 0.1) is 0 Å². The molecular formula is C21H15O+. The van der Waals surface area contributed by atoms with Gasteiger partial charge >= 0.3 is 11.3 Å². The van der Waals surface area contributed by atoms with Gasteiger partial charge in [0.25, 0.3) is 0 Å². The summed E-state index contributed by atoms with van der Waals surface area (Å²) in [7, 11) is 0. The van der Waals surface area contributed by atoms with E-state index in [4.69, 9.17) is 4.42 Å². The van der Waals surface area contributed by atoms with Crippen LogP contribution in [-0.4, -0.2) is 0 Å². The van der Waals surface area contributed by atoms with E-state index in [1.54, 1.807) is 0 Å². The number of fused-ring (bicyclic) bond motifs is 1. The zero-order chi connectivity index (χ0) is 14.8. The third-order valence-electron chi connectivity index (χ3n) is 3.82. The van der Waals surface area contributed by atoms with Crippen LogP contribution in [0.2, 0.25) is 0 Å². The number of rotatable bonds is 2. The Morgan fingerprint density at radius 3 is 1.86 bits per heavy atom. The van der Waals surface area contributed by atoms with Gasteiger partial charge in [0.2, 0.25) is 0 Å². The highest BCUT2D eigenvalue weighted by Crippen LogP contribution is 2.33. The normalized spacial score (nSPS) is 10.7. The van der Waals surface area contributed by atoms with Crippen molar-refractivity contribution < 1.29 is 4.42 Å². The highest BCUT2D eigenvalue weighted by Gasteiger charge is 2.19. The van der Waals surface area contributed by atoms with Crippen molar-refractivity contribution in [3.63, 3.8) is 0 Å². The Bertz CT molecular complexity index is 912. The largest absolute Gasteiger partial charge is 0.361 e. The van der Waals surface area contributed by atoms with E-state index < -0.39 is 0 Å². The van der Waals surface area contributed by atoms with E-state index in [0.29, 0.717) is 0 Å². The van der Waals surface area contributed by atoms with E-state index in [2.05, 4.69) is 48.5 Å². The third-order valence-corrected chi connectivity index (χ3v) is 3.82. The molecule has 0 unspecified atom stereocenters. The van der Waals surface area contributed by atoms with Crippen LogP contribution in [-0.2, 0) is 0 Å². The first-order valence-electron chi connectivity index (χ1n) is 7.38. The highest BCUT2D eigenvalue weighted by atomic mass is 16.3. The predicted molar refractivity (Wildman–Crippen MR) is 91.5 cm³/mol. The average molecular weight is 283 g/mol. The molecule has 4 rings (SSSR count). The van der Waals surface area contributed by atoms with Crippen molar-refractivity contribution in [1.29, 1.82) is 0 Å². The van der Waals surface area contributed by atoms with E-state index in [0.717, 1.165) is 22.3 Å². The Morgan fingerprint density at radius 2 is 1.14 bits per heavy atom. The molecule has 0 saturated heterocycles. The number of benzene rings is 3. The summed E-state index contributed by atoms with van der Waals surface area (Å²) in [6, 6.07) is 31.0. The lowest BCUT2D eigenvalue weighted by molar-refractivity contribution is 0.620. The molecule has 0 aliphatic heterocycles. The topological polar surface area (TPSA) is 11.3 Å². The molecule has 0 N–H and O–H groups in total. The van der Waals surface area contributed by atoms with Crippen molar-refractivity contribution in [2.45, 2.75) is 0 Å². The molecule has 22 heavy (non-hydrogen) atoms. The number of para-hydroxylation sites is 1. The van der Waals surface area contributed by atoms with Crippen LogP contribution < -0.4 is 0 Å². The average Bonchev–Trinajstić information content (AvgIpc) is 2.62. The zero-order valence-corrected chi connectivity index (χ0v) is 12.1. The molecule has 0 atom stereocenters. The van der Waals surface area contributed by atoms with Crippen molar-refractivity contribution in [2.24, 2.45) is 0 Å². The lowest BCUT2D eigenvalue weighted by Gasteiger charge is -2.03. The van der Waals surface area contributed by atoms with Crippen molar-refractivity contribution in [2.75, 3.05) is 0 Å². The summed E-state index contributed by atoms with van der Waals surface area (Å²) in [6.07, 6.45) is 0. The lowest BCUT2D eigenvalue weighted by Crippen LogP contribution is -1.85. The van der Waals surface area contributed by atoms with Gasteiger partial charge in [0.1, 0.15) is 0 Å². The minimum absolute atomic E-state index is 0.887. The molecule has 4 aromatic rings. The molecule has 0 aliphatic carbocycles. The van der Waals surface area contributed by atoms with Gasteiger partial charge in [0, 0.05) is 11.6 Å². The van der Waals surface area contributed by atoms with Gasteiger partial charge in [-0.2, -0.15) is 0 Å². The van der Waals surface area contributed by atoms with Crippen LogP contribution >= 0.6 is 0 Å². The molecule has 104 valence electrons. The second-order valence-electron chi connectivity index (χ2n) is 5.25. The number of hydrogen-bond acceptors (Lipinski definition) is 0. The summed E-state index contributed by atoms with van der Waals surface area (Å²) in [5, 5.41) is 1.13. The Hall–Kier alpha value is -2.93. The lowest BCUT2D eigenvalue weighted by atomic mass is 10.00. The standard InChI is InChI=1S/C21H15O/c1-3-9-16(10-4-1)19-15-21(17-11-5-2-6-12-17)22-20-14-8-7-13-18(19)20/h1-15H/q+1. The van der Waals surface area contributed by atoms with Crippen LogP contribution in [0.25, 0.3) is 33.4 Å². The molecule has 3 aromatic carbocycles. The van der Waals surface area contributed by atoms with Gasteiger partial charge in [0.15, 0.2) is 0 Å². The molecule has 1 heteroatoms. The molecule has 1 nitrogen and oxygen atoms in total. The van der Waals surface area contributed by atoms with E-state index >= 15 is 0 Å². The van der Waals surface area contributed by atoms with Gasteiger partial charge in [-0.25, -0.2) is 4.42 Å². The number of hydrogen-bond donors (Lipinski definition) is 0. The molecular weight excluding hydrogens is 268 g/mol. The van der Waals surface area contributed by atoms with Crippen LogP contribution in [0.3, 0.4) is 0 Å². The maximum atomic E-state index is 6.11. The minimum atomic E-state index is 0.887. The fourth-order valence-electron chi connectivity index (χ4n) is 2.74. The van der Waals surface area contributed by atoms with Crippen molar-refractivity contribution in [1.82, 2.24) is 0 Å². The van der Waals surface area contributed by atoms with Gasteiger partial charge in [-0.1, -0.05) is 60.7 Å². The molecule has 0 saturated carbocycles. The van der Waals surface area contributed by atoms with Gasteiger partial charge in [-0.15, -0.1) is 0 Å². The molecule has 0 bridgehead atoms. The van der Waals surface area contributed by atoms with Crippen LogP contribution in [0.1, 0.15) is 0 Å². The Balaban J connectivity index is 2.02. The van der Waals surface area contributed by atoms with Gasteiger partial charge in [0.05, 0.1) is 17.0 Å². The van der Waals surface area contributed by atoms with E-state index in [1.807, 2.05) is 42.5 Å². The van der Waals surface area contributed by atoms with Crippen LogP contribution in [0.15, 0.2) is 95.4 Å². The summed E-state index contributed by atoms with van der Waals surface area (Å²) in [6.45, 7) is 0. The second kappa shape index (κ2) is 5.45. The maximum absolute atomic E-state index is 6.11. The van der Waals surface area contributed by atoms with E-state index in [-0.39, 0.29) is 0 Å². The summed E-state index contributed by atoms with van der Waals surface area (Å²) in [5.41, 5.74) is 4.39. The smallest absolute Gasteiger partial charge is 0.207 e. The quantitative estimate of drug-likeness (QED) is 0.408. The molecule has 0 radical (unpaired) electrons. The zero-order valence-electron chi connectivity index (χ0n) is 12.1. The molecule has 0 aliphatic rings. The van der Waals surface area contributed by atoms with E-state index in [9.17, 15) is 0 Å². The Kier molecular flexibility index (Phi) is 3.17. The summed E-state index contributed by atoms with van der Waals surface area (Å²) < 4.78 is 6.11. The molecule has 1 heterocycles. The van der Waals surface area contributed by atoms with Crippen molar-refractivity contribution in [3.05, 3.63) is 91.0 Å². The predicted octanol–water partition coefficient (Wildman–Crippen LogP) is 6.05. The van der Waals surface area contributed by atoms with Gasteiger partial charge in [-0.05, 0) is 23.8 Å². The minimum Gasteiger partial charge on any atom is -0.207 e. The summed E-state index contributed by atoms with van der Waals surface area (Å²) in [5.74, 6) is 0.887. The first-order valence-corrected chi connectivity index (χ1v) is 7.38. The Labute approximate surface area is 129 Å². The SMILES string of the molecule is c1ccc(-c2cc(-c3ccccc3)c3ccccc3[o+]2)cc1. The first kappa shape index (κ1) is 12.8. The van der Waals surface area contributed by atoms with Crippen LogP contribution in [0.5, 0.6) is 0 Å². The van der Waals surface area contributed by atoms with Crippen molar-refractivity contribution in [3.8, 4) is 22.5 Å². The highest BCUT2D eigenvalue weighted by molar-refractivity contribution is 5.95. The maximum Gasteiger partial charge on any atom is 0.361 e.